The molecule has 4 heterocycles. The fourth-order valence-electron chi connectivity index (χ4n) is 3.69. The molecule has 2 unspecified atom stereocenters. The summed E-state index contributed by atoms with van der Waals surface area (Å²) in [6.07, 6.45) is 4.73. The highest BCUT2D eigenvalue weighted by Crippen LogP contribution is 2.55. The lowest BCUT2D eigenvalue weighted by atomic mass is 10.1. The third-order valence-corrected chi connectivity index (χ3v) is 5.17. The van der Waals surface area contributed by atoms with E-state index in [1.165, 1.54) is 0 Å². The Hall–Kier alpha value is -3.10. The van der Waals surface area contributed by atoms with Crippen LogP contribution in [0, 0.1) is 12.7 Å². The van der Waals surface area contributed by atoms with Crippen LogP contribution in [0.25, 0.3) is 17.0 Å². The molecule has 27 heavy (non-hydrogen) atoms. The fourth-order valence-corrected chi connectivity index (χ4v) is 3.69. The van der Waals surface area contributed by atoms with E-state index in [0.29, 0.717) is 35.1 Å². The highest BCUT2D eigenvalue weighted by molar-refractivity contribution is 5.59. The maximum atomic E-state index is 15.4. The van der Waals surface area contributed by atoms with Crippen molar-refractivity contribution in [1.29, 1.82) is 0 Å². The molecule has 1 aliphatic carbocycles. The predicted molar refractivity (Wildman–Crippen MR) is 95.7 cm³/mol. The van der Waals surface area contributed by atoms with Crippen LogP contribution in [0.3, 0.4) is 0 Å². The van der Waals surface area contributed by atoms with E-state index in [0.717, 1.165) is 12.0 Å². The van der Waals surface area contributed by atoms with E-state index in [4.69, 9.17) is 0 Å². The monoisotopic (exact) mass is 366 g/mol. The van der Waals surface area contributed by atoms with Crippen molar-refractivity contribution >= 4 is 5.65 Å². The van der Waals surface area contributed by atoms with E-state index in [1.54, 1.807) is 26.0 Å². The van der Waals surface area contributed by atoms with Crippen molar-refractivity contribution in [2.75, 3.05) is 0 Å². The van der Waals surface area contributed by atoms with E-state index < -0.39 is 0 Å². The average Bonchev–Trinajstić information content (AvgIpc) is 3.00. The molecule has 1 aliphatic rings. The van der Waals surface area contributed by atoms with Crippen LogP contribution in [0.4, 0.5) is 4.39 Å². The molecule has 0 saturated heterocycles. The lowest BCUT2D eigenvalue weighted by Gasteiger charge is -2.04. The Labute approximate surface area is 154 Å². The smallest absolute Gasteiger partial charge is 0.177 e. The van der Waals surface area contributed by atoms with Crippen LogP contribution >= 0.6 is 0 Å². The van der Waals surface area contributed by atoms with Crippen molar-refractivity contribution in [3.8, 4) is 11.4 Å². The SMILES string of the molecule is CCn1nc(C2CC2c2cnn(C)c2)c(F)c1-c1ccc2nnc(C)n2n1. The van der Waals surface area contributed by atoms with Crippen LogP contribution in [0.5, 0.6) is 0 Å². The fraction of sp³-hybridized carbons (Fsp3) is 0.389. The first kappa shape index (κ1) is 16.1. The Bertz CT molecular complexity index is 1150. The van der Waals surface area contributed by atoms with Crippen LogP contribution in [0.1, 0.15) is 42.3 Å². The summed E-state index contributed by atoms with van der Waals surface area (Å²) in [5.41, 5.74) is 3.23. The minimum absolute atomic E-state index is 0.0844. The molecule has 138 valence electrons. The number of fused-ring (bicyclic) bond motifs is 1. The standard InChI is InChI=1S/C18H19FN8/c1-4-26-18(14-5-6-15-22-21-10(2)27(15)23-14)16(19)17(24-26)13-7-12(13)11-8-20-25(3)9-11/h5-6,8-9,12-13H,4,7H2,1-3H3. The molecule has 0 radical (unpaired) electrons. The van der Waals surface area contributed by atoms with Crippen LogP contribution < -0.4 is 0 Å². The Balaban J connectivity index is 1.56. The molecule has 8 nitrogen and oxygen atoms in total. The molecule has 0 N–H and O–H groups in total. The van der Waals surface area contributed by atoms with Gasteiger partial charge >= 0.3 is 0 Å². The molecule has 4 aromatic rings. The quantitative estimate of drug-likeness (QED) is 0.554. The van der Waals surface area contributed by atoms with Gasteiger partial charge in [0.2, 0.25) is 0 Å². The normalized spacial score (nSPS) is 19.1. The van der Waals surface area contributed by atoms with E-state index in [-0.39, 0.29) is 17.7 Å². The first-order chi connectivity index (χ1) is 13.1. The molecule has 1 saturated carbocycles. The third kappa shape index (κ3) is 2.45. The first-order valence-corrected chi connectivity index (χ1v) is 9.01. The number of aryl methyl sites for hydroxylation is 3. The molecular weight excluding hydrogens is 347 g/mol. The number of hydrogen-bond acceptors (Lipinski definition) is 5. The minimum Gasteiger partial charge on any atom is -0.276 e. The Morgan fingerprint density at radius 2 is 2.04 bits per heavy atom. The van der Waals surface area contributed by atoms with E-state index in [1.807, 2.05) is 33.3 Å². The second kappa shape index (κ2) is 5.70. The number of hydrogen-bond donors (Lipinski definition) is 0. The second-order valence-electron chi connectivity index (χ2n) is 7.00. The molecular formula is C18H19FN8. The Morgan fingerprint density at radius 1 is 1.19 bits per heavy atom. The van der Waals surface area contributed by atoms with Gasteiger partial charge in [-0.2, -0.15) is 19.8 Å². The zero-order valence-corrected chi connectivity index (χ0v) is 15.3. The number of nitrogens with zero attached hydrogens (tertiary/aromatic N) is 8. The van der Waals surface area contributed by atoms with Crippen LogP contribution in [-0.4, -0.2) is 39.4 Å². The van der Waals surface area contributed by atoms with Gasteiger partial charge in [0.05, 0.1) is 6.20 Å². The van der Waals surface area contributed by atoms with Crippen molar-refractivity contribution in [2.45, 2.75) is 38.6 Å². The van der Waals surface area contributed by atoms with Gasteiger partial charge in [0.25, 0.3) is 0 Å². The third-order valence-electron chi connectivity index (χ3n) is 5.17. The van der Waals surface area contributed by atoms with E-state index in [2.05, 4.69) is 25.5 Å². The maximum absolute atomic E-state index is 15.4. The molecule has 5 rings (SSSR count). The number of aromatic nitrogens is 8. The summed E-state index contributed by atoms with van der Waals surface area (Å²) in [5.74, 6) is 0.734. The molecule has 2 atom stereocenters. The minimum atomic E-state index is -0.286. The molecule has 0 aliphatic heterocycles. The summed E-state index contributed by atoms with van der Waals surface area (Å²) in [7, 11) is 1.89. The van der Waals surface area contributed by atoms with Crippen LogP contribution in [-0.2, 0) is 13.6 Å². The molecule has 1 fully saturated rings. The van der Waals surface area contributed by atoms with Crippen LogP contribution in [0.2, 0.25) is 0 Å². The van der Waals surface area contributed by atoms with E-state index >= 15 is 4.39 Å². The Kier molecular flexibility index (Phi) is 3.40. The van der Waals surface area contributed by atoms with Crippen molar-refractivity contribution < 1.29 is 4.39 Å². The summed E-state index contributed by atoms with van der Waals surface area (Å²) in [6.45, 7) is 4.34. The second-order valence-corrected chi connectivity index (χ2v) is 7.00. The zero-order chi connectivity index (χ0) is 18.7. The molecule has 0 spiro atoms. The molecule has 0 bridgehead atoms. The van der Waals surface area contributed by atoms with Gasteiger partial charge in [0.1, 0.15) is 17.1 Å². The molecule has 4 aromatic heterocycles. The highest BCUT2D eigenvalue weighted by Gasteiger charge is 2.44. The van der Waals surface area contributed by atoms with Gasteiger partial charge in [0.15, 0.2) is 17.3 Å². The maximum Gasteiger partial charge on any atom is 0.177 e. The van der Waals surface area contributed by atoms with Gasteiger partial charge in [-0.05, 0) is 43.9 Å². The van der Waals surface area contributed by atoms with Gasteiger partial charge in [-0.25, -0.2) is 4.39 Å². The zero-order valence-electron chi connectivity index (χ0n) is 15.3. The number of halogens is 1. The molecule has 0 amide bonds. The first-order valence-electron chi connectivity index (χ1n) is 9.01. The lowest BCUT2D eigenvalue weighted by molar-refractivity contribution is 0.610. The summed E-state index contributed by atoms with van der Waals surface area (Å²) < 4.78 is 20.5. The van der Waals surface area contributed by atoms with E-state index in [9.17, 15) is 0 Å². The summed E-state index contributed by atoms with van der Waals surface area (Å²) in [5, 5.41) is 21.4. The van der Waals surface area contributed by atoms with Crippen LogP contribution in [0.15, 0.2) is 24.5 Å². The lowest BCUT2D eigenvalue weighted by Crippen LogP contribution is -2.04. The summed E-state index contributed by atoms with van der Waals surface area (Å²) >= 11 is 0. The molecule has 9 heteroatoms. The predicted octanol–water partition coefficient (Wildman–Crippen LogP) is 2.46. The van der Waals surface area contributed by atoms with Gasteiger partial charge in [-0.15, -0.1) is 10.2 Å². The number of rotatable bonds is 4. The topological polar surface area (TPSA) is 78.7 Å². The van der Waals surface area contributed by atoms with Crippen molar-refractivity contribution in [1.82, 2.24) is 39.4 Å². The van der Waals surface area contributed by atoms with Gasteiger partial charge in [-0.3, -0.25) is 9.36 Å². The van der Waals surface area contributed by atoms with Crippen molar-refractivity contribution in [3.05, 3.63) is 47.4 Å². The van der Waals surface area contributed by atoms with Gasteiger partial charge in [0, 0.05) is 25.7 Å². The summed E-state index contributed by atoms with van der Waals surface area (Å²) in [6, 6.07) is 3.56. The Morgan fingerprint density at radius 3 is 2.78 bits per heavy atom. The van der Waals surface area contributed by atoms with Crippen molar-refractivity contribution in [2.24, 2.45) is 7.05 Å². The highest BCUT2D eigenvalue weighted by atomic mass is 19.1. The largest absolute Gasteiger partial charge is 0.276 e. The summed E-state index contributed by atoms with van der Waals surface area (Å²) in [4.78, 5) is 0. The van der Waals surface area contributed by atoms with Gasteiger partial charge < -0.3 is 0 Å². The van der Waals surface area contributed by atoms with Gasteiger partial charge in [-0.1, -0.05) is 0 Å². The van der Waals surface area contributed by atoms with Crippen molar-refractivity contribution in [3.63, 3.8) is 0 Å². The average molecular weight is 366 g/mol. The molecule has 0 aromatic carbocycles.